The molecule has 30 heavy (non-hydrogen) atoms. The second kappa shape index (κ2) is 7.92. The average Bonchev–Trinajstić information content (AvgIpc) is 3.45. The summed E-state index contributed by atoms with van der Waals surface area (Å²) in [6.45, 7) is 1.28. The van der Waals surface area contributed by atoms with E-state index in [1.807, 2.05) is 48.5 Å². The fourth-order valence-corrected chi connectivity index (χ4v) is 3.46. The molecule has 1 aromatic carbocycles. The van der Waals surface area contributed by atoms with Crippen molar-refractivity contribution >= 4 is 16.8 Å². The molecule has 8 nitrogen and oxygen atoms in total. The van der Waals surface area contributed by atoms with Gasteiger partial charge in [0.1, 0.15) is 5.75 Å². The SMILES string of the molecule is O=C1NCCC1NCc1ccc2cc(Oc3ccc(-c4ccn[nH]4)cn3)ccc2n1. The standard InChI is InChI=1S/C22H20N6O2/c29-22-20(7-9-23-22)24-13-16-3-1-14-11-17(4-5-18(14)27-16)30-21-6-2-15(12-25-21)19-8-10-26-28-19/h1-6,8,10-12,20,24H,7,9,13H2,(H,23,29)(H,26,28). The van der Waals surface area contributed by atoms with Crippen LogP contribution >= 0.6 is 0 Å². The molecule has 1 saturated heterocycles. The number of amides is 1. The minimum atomic E-state index is -0.134. The lowest BCUT2D eigenvalue weighted by atomic mass is 10.2. The van der Waals surface area contributed by atoms with Gasteiger partial charge in [-0.25, -0.2) is 4.98 Å². The van der Waals surface area contributed by atoms with Crippen LogP contribution in [0.4, 0.5) is 0 Å². The Morgan fingerprint density at radius 2 is 2.10 bits per heavy atom. The van der Waals surface area contributed by atoms with Crippen LogP contribution in [0.2, 0.25) is 0 Å². The molecule has 0 aliphatic carbocycles. The molecule has 1 aliphatic rings. The highest BCUT2D eigenvalue weighted by Gasteiger charge is 2.23. The number of aromatic amines is 1. The quantitative estimate of drug-likeness (QED) is 0.460. The van der Waals surface area contributed by atoms with Crippen LogP contribution in [-0.2, 0) is 11.3 Å². The van der Waals surface area contributed by atoms with Gasteiger partial charge >= 0.3 is 0 Å². The van der Waals surface area contributed by atoms with E-state index in [1.165, 1.54) is 0 Å². The molecule has 0 spiro atoms. The van der Waals surface area contributed by atoms with E-state index in [4.69, 9.17) is 4.74 Å². The third-order valence-corrected chi connectivity index (χ3v) is 5.07. The van der Waals surface area contributed by atoms with Crippen molar-refractivity contribution in [2.45, 2.75) is 19.0 Å². The Hall–Kier alpha value is -3.78. The molecule has 3 N–H and O–H groups in total. The summed E-state index contributed by atoms with van der Waals surface area (Å²) in [4.78, 5) is 20.7. The number of fused-ring (bicyclic) bond motifs is 1. The van der Waals surface area contributed by atoms with Crippen molar-refractivity contribution in [3.8, 4) is 22.9 Å². The molecule has 0 bridgehead atoms. The van der Waals surface area contributed by atoms with Crippen LogP contribution < -0.4 is 15.4 Å². The number of hydrogen-bond donors (Lipinski definition) is 3. The molecule has 1 unspecified atom stereocenters. The third kappa shape index (κ3) is 3.85. The Bertz CT molecular complexity index is 1170. The van der Waals surface area contributed by atoms with E-state index in [9.17, 15) is 4.79 Å². The molecule has 5 rings (SSSR count). The molecule has 4 aromatic rings. The van der Waals surface area contributed by atoms with Gasteiger partial charge in [0.25, 0.3) is 0 Å². The minimum absolute atomic E-state index is 0.0591. The van der Waals surface area contributed by atoms with Crippen molar-refractivity contribution in [3.05, 3.63) is 66.6 Å². The van der Waals surface area contributed by atoms with Crippen molar-refractivity contribution in [3.63, 3.8) is 0 Å². The van der Waals surface area contributed by atoms with E-state index in [1.54, 1.807) is 12.4 Å². The highest BCUT2D eigenvalue weighted by Crippen LogP contribution is 2.25. The first-order valence-corrected chi connectivity index (χ1v) is 9.79. The number of H-pyrrole nitrogens is 1. The number of rotatable bonds is 6. The summed E-state index contributed by atoms with van der Waals surface area (Å²) in [6.07, 6.45) is 4.26. The monoisotopic (exact) mass is 400 g/mol. The minimum Gasteiger partial charge on any atom is -0.439 e. The van der Waals surface area contributed by atoms with Gasteiger partial charge in [0, 0.05) is 42.5 Å². The average molecular weight is 400 g/mol. The van der Waals surface area contributed by atoms with Gasteiger partial charge in [0.15, 0.2) is 0 Å². The molecule has 1 amide bonds. The van der Waals surface area contributed by atoms with Crippen molar-refractivity contribution in [1.82, 2.24) is 30.8 Å². The Kier molecular flexibility index (Phi) is 4.82. The van der Waals surface area contributed by atoms with Crippen molar-refractivity contribution in [2.24, 2.45) is 0 Å². The van der Waals surface area contributed by atoms with Crippen LogP contribution in [0.25, 0.3) is 22.2 Å². The number of benzene rings is 1. The van der Waals surface area contributed by atoms with Crippen molar-refractivity contribution in [1.29, 1.82) is 0 Å². The van der Waals surface area contributed by atoms with Crippen LogP contribution in [0.1, 0.15) is 12.1 Å². The number of carbonyl (C=O) groups excluding carboxylic acids is 1. The maximum Gasteiger partial charge on any atom is 0.237 e. The van der Waals surface area contributed by atoms with Gasteiger partial charge in [-0.2, -0.15) is 5.10 Å². The van der Waals surface area contributed by atoms with Crippen molar-refractivity contribution in [2.75, 3.05) is 6.54 Å². The second-order valence-corrected chi connectivity index (χ2v) is 7.13. The Balaban J connectivity index is 1.27. The van der Waals surface area contributed by atoms with Crippen LogP contribution in [0.3, 0.4) is 0 Å². The number of carbonyl (C=O) groups is 1. The number of aromatic nitrogens is 4. The van der Waals surface area contributed by atoms with Gasteiger partial charge in [-0.3, -0.25) is 14.9 Å². The summed E-state index contributed by atoms with van der Waals surface area (Å²) in [5.41, 5.74) is 3.62. The van der Waals surface area contributed by atoms with Gasteiger partial charge in [0.2, 0.25) is 11.8 Å². The summed E-state index contributed by atoms with van der Waals surface area (Å²) >= 11 is 0. The summed E-state index contributed by atoms with van der Waals surface area (Å²) in [6, 6.07) is 15.2. The first kappa shape index (κ1) is 18.3. The Morgan fingerprint density at radius 3 is 2.87 bits per heavy atom. The number of nitrogens with one attached hydrogen (secondary N) is 3. The van der Waals surface area contributed by atoms with E-state index in [0.29, 0.717) is 18.2 Å². The van der Waals surface area contributed by atoms with Gasteiger partial charge < -0.3 is 15.4 Å². The van der Waals surface area contributed by atoms with Gasteiger partial charge in [-0.05, 0) is 42.8 Å². The lowest BCUT2D eigenvalue weighted by molar-refractivity contribution is -0.120. The molecule has 1 fully saturated rings. The first-order chi connectivity index (χ1) is 14.7. The highest BCUT2D eigenvalue weighted by atomic mass is 16.5. The lowest BCUT2D eigenvalue weighted by Gasteiger charge is -2.10. The normalized spacial score (nSPS) is 16.0. The molecule has 8 heteroatoms. The van der Waals surface area contributed by atoms with Gasteiger partial charge in [0.05, 0.1) is 22.9 Å². The summed E-state index contributed by atoms with van der Waals surface area (Å²) in [7, 11) is 0. The highest BCUT2D eigenvalue weighted by molar-refractivity contribution is 5.83. The fourth-order valence-electron chi connectivity index (χ4n) is 3.46. The van der Waals surface area contributed by atoms with E-state index in [0.717, 1.165) is 40.8 Å². The number of hydrogen-bond acceptors (Lipinski definition) is 6. The lowest BCUT2D eigenvalue weighted by Crippen LogP contribution is -2.35. The molecule has 1 aliphatic heterocycles. The number of nitrogens with zero attached hydrogens (tertiary/aromatic N) is 3. The zero-order valence-electron chi connectivity index (χ0n) is 16.1. The molecular weight excluding hydrogens is 380 g/mol. The molecule has 4 heterocycles. The maximum absolute atomic E-state index is 11.7. The van der Waals surface area contributed by atoms with Crippen LogP contribution in [0, 0.1) is 0 Å². The second-order valence-electron chi connectivity index (χ2n) is 7.13. The Labute approximate surface area is 172 Å². The smallest absolute Gasteiger partial charge is 0.237 e. The number of pyridine rings is 2. The molecular formula is C22H20N6O2. The third-order valence-electron chi connectivity index (χ3n) is 5.07. The molecule has 0 radical (unpaired) electrons. The summed E-state index contributed by atoms with van der Waals surface area (Å²) in [5.74, 6) is 1.27. The Morgan fingerprint density at radius 1 is 1.13 bits per heavy atom. The van der Waals surface area contributed by atoms with Crippen LogP contribution in [0.15, 0.2) is 60.9 Å². The summed E-state index contributed by atoms with van der Waals surface area (Å²) < 4.78 is 5.89. The van der Waals surface area contributed by atoms with E-state index in [-0.39, 0.29) is 11.9 Å². The molecule has 3 aromatic heterocycles. The molecule has 1 atom stereocenters. The van der Waals surface area contributed by atoms with Crippen LogP contribution in [-0.4, -0.2) is 38.7 Å². The largest absolute Gasteiger partial charge is 0.439 e. The van der Waals surface area contributed by atoms with Crippen molar-refractivity contribution < 1.29 is 9.53 Å². The predicted octanol–water partition coefficient (Wildman–Crippen LogP) is 2.79. The van der Waals surface area contributed by atoms with Crippen LogP contribution in [0.5, 0.6) is 11.6 Å². The van der Waals surface area contributed by atoms with E-state index in [2.05, 4.69) is 30.8 Å². The zero-order valence-corrected chi connectivity index (χ0v) is 16.1. The van der Waals surface area contributed by atoms with Gasteiger partial charge in [-0.15, -0.1) is 0 Å². The fraction of sp³-hybridized carbons (Fsp3) is 0.182. The number of ether oxygens (including phenoxy) is 1. The molecule has 0 saturated carbocycles. The first-order valence-electron chi connectivity index (χ1n) is 9.79. The predicted molar refractivity (Wildman–Crippen MR) is 112 cm³/mol. The maximum atomic E-state index is 11.7. The summed E-state index contributed by atoms with van der Waals surface area (Å²) in [5, 5.41) is 13.9. The van der Waals surface area contributed by atoms with E-state index < -0.39 is 0 Å². The topological polar surface area (TPSA) is 105 Å². The molecule has 150 valence electrons. The zero-order chi connectivity index (χ0) is 20.3. The van der Waals surface area contributed by atoms with E-state index >= 15 is 0 Å². The van der Waals surface area contributed by atoms with Gasteiger partial charge in [-0.1, -0.05) is 6.07 Å².